The predicted octanol–water partition coefficient (Wildman–Crippen LogP) is 1.43. The lowest BCUT2D eigenvalue weighted by Gasteiger charge is -2.45. The molecule has 0 aliphatic carbocycles. The topological polar surface area (TPSA) is 33.1 Å². The van der Waals surface area contributed by atoms with E-state index < -0.39 is 0 Å². The minimum Gasteiger partial charge on any atom is -0.338 e. The van der Waals surface area contributed by atoms with Crippen molar-refractivity contribution in [2.24, 2.45) is 12.5 Å². The molecular formula is C15H26N4. The largest absolute Gasteiger partial charge is 0.338 e. The van der Waals surface area contributed by atoms with E-state index >= 15 is 0 Å². The summed E-state index contributed by atoms with van der Waals surface area (Å²) < 4.78 is 2.14. The summed E-state index contributed by atoms with van der Waals surface area (Å²) in [6, 6.07) is 0. The molecule has 2 saturated heterocycles. The summed E-state index contributed by atoms with van der Waals surface area (Å²) in [6.45, 7) is 6.16. The highest BCUT2D eigenvalue weighted by molar-refractivity contribution is 4.95. The minimum absolute atomic E-state index is 0.568. The number of imidazole rings is 1. The second-order valence-corrected chi connectivity index (χ2v) is 6.36. The van der Waals surface area contributed by atoms with Gasteiger partial charge in [-0.2, -0.15) is 0 Å². The van der Waals surface area contributed by atoms with E-state index in [0.29, 0.717) is 5.41 Å². The first-order valence-electron chi connectivity index (χ1n) is 7.67. The van der Waals surface area contributed by atoms with Crippen LogP contribution in [-0.4, -0.2) is 47.2 Å². The molecule has 1 unspecified atom stereocenters. The maximum atomic E-state index is 4.43. The highest BCUT2D eigenvalue weighted by atomic mass is 15.2. The van der Waals surface area contributed by atoms with Crippen LogP contribution in [-0.2, 0) is 13.5 Å². The number of nitrogens with zero attached hydrogens (tertiary/aromatic N) is 3. The molecule has 4 nitrogen and oxygen atoms in total. The third-order valence-electron chi connectivity index (χ3n) is 4.87. The van der Waals surface area contributed by atoms with E-state index in [1.165, 1.54) is 57.7 Å². The fourth-order valence-corrected chi connectivity index (χ4v) is 3.78. The summed E-state index contributed by atoms with van der Waals surface area (Å²) in [7, 11) is 2.09. The Bertz CT molecular complexity index is 401. The summed E-state index contributed by atoms with van der Waals surface area (Å²) in [6.07, 6.45) is 10.6. The van der Waals surface area contributed by atoms with E-state index in [4.69, 9.17) is 0 Å². The Hall–Kier alpha value is -0.870. The van der Waals surface area contributed by atoms with Gasteiger partial charge in [-0.05, 0) is 44.2 Å². The van der Waals surface area contributed by atoms with Crippen molar-refractivity contribution < 1.29 is 0 Å². The van der Waals surface area contributed by atoms with Gasteiger partial charge in [0.2, 0.25) is 0 Å². The average Bonchev–Trinajstić information content (AvgIpc) is 2.83. The molecular weight excluding hydrogens is 236 g/mol. The summed E-state index contributed by atoms with van der Waals surface area (Å²) in [5.74, 6) is 1.21. The van der Waals surface area contributed by atoms with Gasteiger partial charge in [0.1, 0.15) is 5.82 Å². The molecule has 2 aliphatic rings. The third-order valence-corrected chi connectivity index (χ3v) is 4.87. The Kier molecular flexibility index (Phi) is 3.89. The number of nitrogens with one attached hydrogen (secondary N) is 1. The number of aryl methyl sites for hydroxylation is 1. The van der Waals surface area contributed by atoms with Gasteiger partial charge in [0, 0.05) is 45.5 Å². The molecule has 19 heavy (non-hydrogen) atoms. The molecule has 1 spiro atoms. The molecule has 2 aliphatic heterocycles. The van der Waals surface area contributed by atoms with E-state index in [0.717, 1.165) is 13.0 Å². The second kappa shape index (κ2) is 5.63. The molecule has 4 heteroatoms. The van der Waals surface area contributed by atoms with Crippen LogP contribution in [0.5, 0.6) is 0 Å². The zero-order valence-corrected chi connectivity index (χ0v) is 12.1. The summed E-state index contributed by atoms with van der Waals surface area (Å²) >= 11 is 0. The van der Waals surface area contributed by atoms with Crippen molar-refractivity contribution in [1.29, 1.82) is 0 Å². The van der Waals surface area contributed by atoms with E-state index in [1.54, 1.807) is 0 Å². The van der Waals surface area contributed by atoms with Gasteiger partial charge in [-0.1, -0.05) is 0 Å². The smallest absolute Gasteiger partial charge is 0.109 e. The van der Waals surface area contributed by atoms with Crippen LogP contribution in [0.1, 0.15) is 31.5 Å². The van der Waals surface area contributed by atoms with Gasteiger partial charge in [0.25, 0.3) is 0 Å². The van der Waals surface area contributed by atoms with Gasteiger partial charge in [-0.3, -0.25) is 0 Å². The van der Waals surface area contributed by atoms with Gasteiger partial charge in [0.05, 0.1) is 0 Å². The monoisotopic (exact) mass is 262 g/mol. The van der Waals surface area contributed by atoms with Gasteiger partial charge in [-0.25, -0.2) is 4.98 Å². The quantitative estimate of drug-likeness (QED) is 0.894. The first-order valence-corrected chi connectivity index (χ1v) is 7.67. The van der Waals surface area contributed by atoms with Gasteiger partial charge in [-0.15, -0.1) is 0 Å². The Labute approximate surface area is 116 Å². The van der Waals surface area contributed by atoms with Crippen molar-refractivity contribution in [3.63, 3.8) is 0 Å². The van der Waals surface area contributed by atoms with Crippen molar-refractivity contribution in [2.45, 2.75) is 32.1 Å². The zero-order valence-electron chi connectivity index (χ0n) is 12.1. The van der Waals surface area contributed by atoms with Crippen LogP contribution in [0.15, 0.2) is 12.4 Å². The lowest BCUT2D eigenvalue weighted by molar-refractivity contribution is 0.0650. The highest BCUT2D eigenvalue weighted by Crippen LogP contribution is 2.35. The molecule has 0 saturated carbocycles. The number of likely N-dealkylation sites (tertiary alicyclic amines) is 1. The van der Waals surface area contributed by atoms with Crippen molar-refractivity contribution >= 4 is 0 Å². The van der Waals surface area contributed by atoms with Gasteiger partial charge >= 0.3 is 0 Å². The maximum Gasteiger partial charge on any atom is 0.109 e. The van der Waals surface area contributed by atoms with Crippen LogP contribution < -0.4 is 5.32 Å². The number of aromatic nitrogens is 2. The van der Waals surface area contributed by atoms with E-state index in [1.807, 2.05) is 12.4 Å². The van der Waals surface area contributed by atoms with Crippen LogP contribution in [0.4, 0.5) is 0 Å². The van der Waals surface area contributed by atoms with Crippen LogP contribution in [0, 0.1) is 5.41 Å². The Balaban J connectivity index is 1.55. The molecule has 0 radical (unpaired) electrons. The normalized spacial score (nSPS) is 28.9. The third kappa shape index (κ3) is 3.00. The van der Waals surface area contributed by atoms with Crippen LogP contribution in [0.25, 0.3) is 0 Å². The first-order chi connectivity index (χ1) is 9.27. The number of piperidine rings is 2. The maximum absolute atomic E-state index is 4.43. The van der Waals surface area contributed by atoms with E-state index in [2.05, 4.69) is 26.8 Å². The second-order valence-electron chi connectivity index (χ2n) is 6.36. The molecule has 106 valence electrons. The molecule has 3 rings (SSSR count). The number of hydrogen-bond donors (Lipinski definition) is 1. The lowest BCUT2D eigenvalue weighted by Crippen LogP contribution is -2.51. The summed E-state index contributed by atoms with van der Waals surface area (Å²) in [5, 5.41) is 3.60. The molecule has 1 aromatic heterocycles. The highest BCUT2D eigenvalue weighted by Gasteiger charge is 2.36. The molecule has 2 fully saturated rings. The Morgan fingerprint density at radius 3 is 3.00 bits per heavy atom. The van der Waals surface area contributed by atoms with Crippen LogP contribution in [0.2, 0.25) is 0 Å². The fourth-order valence-electron chi connectivity index (χ4n) is 3.78. The SMILES string of the molecule is Cn1ccnc1CCN1CCCC2(CCCNC2)C1. The molecule has 3 heterocycles. The minimum atomic E-state index is 0.568. The summed E-state index contributed by atoms with van der Waals surface area (Å²) in [5.41, 5.74) is 0.568. The molecule has 0 bridgehead atoms. The number of hydrogen-bond acceptors (Lipinski definition) is 3. The molecule has 0 aromatic carbocycles. The van der Waals surface area contributed by atoms with Crippen molar-refractivity contribution in [3.05, 3.63) is 18.2 Å². The Morgan fingerprint density at radius 2 is 2.26 bits per heavy atom. The molecule has 0 amide bonds. The lowest BCUT2D eigenvalue weighted by atomic mass is 9.74. The number of rotatable bonds is 3. The van der Waals surface area contributed by atoms with E-state index in [9.17, 15) is 0 Å². The molecule has 1 atom stereocenters. The van der Waals surface area contributed by atoms with Gasteiger partial charge < -0.3 is 14.8 Å². The van der Waals surface area contributed by atoms with E-state index in [-0.39, 0.29) is 0 Å². The Morgan fingerprint density at radius 1 is 1.37 bits per heavy atom. The van der Waals surface area contributed by atoms with Crippen molar-refractivity contribution in [2.75, 3.05) is 32.7 Å². The molecule has 1 aromatic rings. The van der Waals surface area contributed by atoms with Gasteiger partial charge in [0.15, 0.2) is 0 Å². The predicted molar refractivity (Wildman–Crippen MR) is 77.1 cm³/mol. The fraction of sp³-hybridized carbons (Fsp3) is 0.800. The van der Waals surface area contributed by atoms with Crippen molar-refractivity contribution in [1.82, 2.24) is 19.8 Å². The average molecular weight is 262 g/mol. The first kappa shape index (κ1) is 13.1. The molecule has 1 N–H and O–H groups in total. The van der Waals surface area contributed by atoms with Crippen LogP contribution in [0.3, 0.4) is 0 Å². The van der Waals surface area contributed by atoms with Crippen molar-refractivity contribution in [3.8, 4) is 0 Å². The van der Waals surface area contributed by atoms with Crippen LogP contribution >= 0.6 is 0 Å². The standard InChI is InChI=1S/C15H26N4/c1-18-11-8-17-14(18)4-10-19-9-3-6-15(13-19)5-2-7-16-12-15/h8,11,16H,2-7,9-10,12-13H2,1H3. The summed E-state index contributed by atoms with van der Waals surface area (Å²) in [4.78, 5) is 7.09. The zero-order chi connectivity index (χ0) is 13.1.